The van der Waals surface area contributed by atoms with Gasteiger partial charge in [-0.25, -0.2) is 0 Å². The van der Waals surface area contributed by atoms with Gasteiger partial charge in [0.1, 0.15) is 5.75 Å². The Morgan fingerprint density at radius 2 is 1.68 bits per heavy atom. The number of carbonyl (C=O) groups excluding carboxylic acids is 1. The van der Waals surface area contributed by atoms with Crippen molar-refractivity contribution in [2.45, 2.75) is 6.92 Å². The number of aromatic nitrogens is 1. The number of hydrogen-bond donors (Lipinski definition) is 0. The minimum atomic E-state index is 0.0604. The van der Waals surface area contributed by atoms with Gasteiger partial charge in [-0.15, -0.1) is 0 Å². The van der Waals surface area contributed by atoms with Crippen LogP contribution >= 0.6 is 0 Å². The first-order chi connectivity index (χ1) is 13.7. The summed E-state index contributed by atoms with van der Waals surface area (Å²) in [5.74, 6) is 0.869. The molecule has 2 aromatic carbocycles. The third-order valence-corrected chi connectivity index (χ3v) is 5.18. The summed E-state index contributed by atoms with van der Waals surface area (Å²) in [6.07, 6.45) is 0. The molecule has 5 nitrogen and oxygen atoms in total. The molecule has 2 heterocycles. The Balaban J connectivity index is 1.82. The highest BCUT2D eigenvalue weighted by molar-refractivity contribution is 5.97. The molecule has 0 spiro atoms. The molecule has 1 fully saturated rings. The maximum Gasteiger partial charge on any atom is 0.255 e. The van der Waals surface area contributed by atoms with E-state index in [1.807, 2.05) is 60.4 Å². The first-order valence-electron chi connectivity index (χ1n) is 9.48. The number of carbonyl (C=O) groups is 1. The third kappa shape index (κ3) is 3.41. The zero-order chi connectivity index (χ0) is 19.5. The molecule has 1 aliphatic heterocycles. The van der Waals surface area contributed by atoms with Crippen LogP contribution in [0, 0.1) is 6.92 Å². The van der Waals surface area contributed by atoms with Gasteiger partial charge in [0.25, 0.3) is 5.91 Å². The Bertz CT molecular complexity index is 956. The molecule has 0 saturated carbocycles. The summed E-state index contributed by atoms with van der Waals surface area (Å²) >= 11 is 0. The van der Waals surface area contributed by atoms with E-state index in [0.29, 0.717) is 26.3 Å². The Hall–Kier alpha value is -3.05. The summed E-state index contributed by atoms with van der Waals surface area (Å²) in [6.45, 7) is 4.46. The van der Waals surface area contributed by atoms with Crippen LogP contribution < -0.4 is 4.74 Å². The van der Waals surface area contributed by atoms with Crippen LogP contribution in [0.3, 0.4) is 0 Å². The molecule has 1 saturated heterocycles. The third-order valence-electron chi connectivity index (χ3n) is 5.18. The Morgan fingerprint density at radius 1 is 1.00 bits per heavy atom. The molecule has 0 unspecified atom stereocenters. The average molecular weight is 376 g/mol. The summed E-state index contributed by atoms with van der Waals surface area (Å²) in [5.41, 5.74) is 4.73. The number of para-hydroxylation sites is 1. The topological polar surface area (TPSA) is 43.7 Å². The van der Waals surface area contributed by atoms with Crippen molar-refractivity contribution in [2.24, 2.45) is 0 Å². The number of morpholine rings is 1. The van der Waals surface area contributed by atoms with Gasteiger partial charge in [-0.1, -0.05) is 18.2 Å². The van der Waals surface area contributed by atoms with Crippen LogP contribution in [-0.4, -0.2) is 48.8 Å². The summed E-state index contributed by atoms with van der Waals surface area (Å²) < 4.78 is 12.8. The van der Waals surface area contributed by atoms with Gasteiger partial charge in [0.2, 0.25) is 0 Å². The zero-order valence-electron chi connectivity index (χ0n) is 16.2. The highest BCUT2D eigenvalue weighted by Gasteiger charge is 2.24. The van der Waals surface area contributed by atoms with Gasteiger partial charge in [-0.05, 0) is 55.0 Å². The van der Waals surface area contributed by atoms with Crippen molar-refractivity contribution in [1.82, 2.24) is 9.47 Å². The van der Waals surface area contributed by atoms with Gasteiger partial charge in [-0.2, -0.15) is 0 Å². The number of methoxy groups -OCH3 is 1. The second-order valence-corrected chi connectivity index (χ2v) is 6.83. The number of nitrogens with zero attached hydrogens (tertiary/aromatic N) is 2. The lowest BCUT2D eigenvalue weighted by Crippen LogP contribution is -2.40. The molecule has 0 atom stereocenters. The number of benzene rings is 2. The quantitative estimate of drug-likeness (QED) is 0.693. The minimum Gasteiger partial charge on any atom is -0.497 e. The molecule has 5 heteroatoms. The molecule has 3 aromatic rings. The molecular weight excluding hydrogens is 352 g/mol. The fourth-order valence-corrected chi connectivity index (χ4v) is 3.64. The molecule has 144 valence electrons. The van der Waals surface area contributed by atoms with Gasteiger partial charge >= 0.3 is 0 Å². The van der Waals surface area contributed by atoms with Crippen molar-refractivity contribution in [3.05, 3.63) is 71.9 Å². The summed E-state index contributed by atoms with van der Waals surface area (Å²) in [7, 11) is 1.66. The summed E-state index contributed by atoms with van der Waals surface area (Å²) in [6, 6.07) is 20.1. The highest BCUT2D eigenvalue weighted by Crippen LogP contribution is 2.31. The van der Waals surface area contributed by atoms with Crippen molar-refractivity contribution in [3.63, 3.8) is 0 Å². The molecule has 1 aliphatic rings. The average Bonchev–Trinajstić information content (AvgIpc) is 3.11. The molecule has 0 radical (unpaired) electrons. The van der Waals surface area contributed by atoms with E-state index >= 15 is 0 Å². The first-order valence-corrected chi connectivity index (χ1v) is 9.48. The van der Waals surface area contributed by atoms with Crippen LogP contribution in [0.5, 0.6) is 5.75 Å². The van der Waals surface area contributed by atoms with Crippen LogP contribution in [-0.2, 0) is 4.74 Å². The van der Waals surface area contributed by atoms with E-state index in [9.17, 15) is 4.79 Å². The number of amides is 1. The Morgan fingerprint density at radius 3 is 2.32 bits per heavy atom. The van der Waals surface area contributed by atoms with E-state index in [1.54, 1.807) is 7.11 Å². The minimum absolute atomic E-state index is 0.0604. The van der Waals surface area contributed by atoms with Gasteiger partial charge in [-0.3, -0.25) is 4.79 Å². The summed E-state index contributed by atoms with van der Waals surface area (Å²) in [4.78, 5) is 15.1. The van der Waals surface area contributed by atoms with Gasteiger partial charge in [0.15, 0.2) is 0 Å². The number of rotatable bonds is 4. The second kappa shape index (κ2) is 7.90. The molecule has 0 aliphatic carbocycles. The molecular formula is C23H24N2O3. The molecule has 0 N–H and O–H groups in total. The van der Waals surface area contributed by atoms with Crippen molar-refractivity contribution in [1.29, 1.82) is 0 Å². The van der Waals surface area contributed by atoms with Crippen molar-refractivity contribution < 1.29 is 14.3 Å². The predicted octanol–water partition coefficient (Wildman–Crippen LogP) is 3.93. The molecule has 1 amide bonds. The number of hydrogen-bond acceptors (Lipinski definition) is 3. The fourth-order valence-electron chi connectivity index (χ4n) is 3.64. The van der Waals surface area contributed by atoms with Crippen molar-refractivity contribution >= 4 is 5.91 Å². The lowest BCUT2D eigenvalue weighted by molar-refractivity contribution is 0.0302. The van der Waals surface area contributed by atoms with Gasteiger partial charge in [0, 0.05) is 24.5 Å². The van der Waals surface area contributed by atoms with Crippen molar-refractivity contribution in [3.8, 4) is 22.7 Å². The molecule has 4 rings (SSSR count). The Labute approximate surface area is 165 Å². The SMILES string of the molecule is COc1ccc(-c2cc(C(=O)N3CCOCC3)c(C)n2-c2ccccc2)cc1. The van der Waals surface area contributed by atoms with Crippen LogP contribution in [0.4, 0.5) is 0 Å². The van der Waals surface area contributed by atoms with E-state index < -0.39 is 0 Å². The van der Waals surface area contributed by atoms with Crippen LogP contribution in [0.25, 0.3) is 16.9 Å². The van der Waals surface area contributed by atoms with Gasteiger partial charge in [0.05, 0.1) is 31.6 Å². The fraction of sp³-hybridized carbons (Fsp3) is 0.261. The second-order valence-electron chi connectivity index (χ2n) is 6.83. The maximum absolute atomic E-state index is 13.2. The standard InChI is InChI=1S/C23H24N2O3/c1-17-21(23(26)24-12-14-28-15-13-24)16-22(18-8-10-20(27-2)11-9-18)25(17)19-6-4-3-5-7-19/h3-11,16H,12-15H2,1-2H3. The van der Waals surface area contributed by atoms with E-state index in [4.69, 9.17) is 9.47 Å². The van der Waals surface area contributed by atoms with E-state index in [0.717, 1.165) is 34.0 Å². The Kier molecular flexibility index (Phi) is 5.17. The smallest absolute Gasteiger partial charge is 0.255 e. The van der Waals surface area contributed by atoms with E-state index in [2.05, 4.69) is 16.7 Å². The zero-order valence-corrected chi connectivity index (χ0v) is 16.2. The molecule has 28 heavy (non-hydrogen) atoms. The first kappa shape index (κ1) is 18.3. The van der Waals surface area contributed by atoms with Crippen LogP contribution in [0.1, 0.15) is 16.1 Å². The monoisotopic (exact) mass is 376 g/mol. The molecule has 0 bridgehead atoms. The van der Waals surface area contributed by atoms with E-state index in [-0.39, 0.29) is 5.91 Å². The maximum atomic E-state index is 13.2. The van der Waals surface area contributed by atoms with Gasteiger partial charge < -0.3 is 18.9 Å². The normalized spacial score (nSPS) is 14.1. The highest BCUT2D eigenvalue weighted by atomic mass is 16.5. The van der Waals surface area contributed by atoms with Crippen LogP contribution in [0.15, 0.2) is 60.7 Å². The van der Waals surface area contributed by atoms with Crippen LogP contribution in [0.2, 0.25) is 0 Å². The van der Waals surface area contributed by atoms with Crippen molar-refractivity contribution in [2.75, 3.05) is 33.4 Å². The van der Waals surface area contributed by atoms with E-state index in [1.165, 1.54) is 0 Å². The predicted molar refractivity (Wildman–Crippen MR) is 109 cm³/mol. The lowest BCUT2D eigenvalue weighted by atomic mass is 10.1. The lowest BCUT2D eigenvalue weighted by Gasteiger charge is -2.26. The largest absolute Gasteiger partial charge is 0.497 e. The summed E-state index contributed by atoms with van der Waals surface area (Å²) in [5, 5.41) is 0. The molecule has 1 aromatic heterocycles. The number of ether oxygens (including phenoxy) is 2.